The maximum Gasteiger partial charge on any atom is 0.127 e. The fourth-order valence-corrected chi connectivity index (χ4v) is 2.00. The monoisotopic (exact) mass is 167 g/mol. The van der Waals surface area contributed by atoms with E-state index in [9.17, 15) is 4.39 Å². The van der Waals surface area contributed by atoms with Gasteiger partial charge in [-0.3, -0.25) is 0 Å². The second kappa shape index (κ2) is 2.86. The van der Waals surface area contributed by atoms with Crippen molar-refractivity contribution in [3.63, 3.8) is 0 Å². The van der Waals surface area contributed by atoms with Crippen molar-refractivity contribution in [3.8, 4) is 0 Å². The standard InChI is InChI=1S/C9H8FS/c10-9-4-2-1-3-8(9)7-5-11-6-7/h1,3-4,7H,5-6H2. The molecule has 1 saturated heterocycles. The van der Waals surface area contributed by atoms with Crippen LogP contribution in [0.1, 0.15) is 11.5 Å². The van der Waals surface area contributed by atoms with Crippen LogP contribution < -0.4 is 0 Å². The third kappa shape index (κ3) is 1.27. The van der Waals surface area contributed by atoms with E-state index in [-0.39, 0.29) is 5.82 Å². The molecule has 1 fully saturated rings. The molecule has 2 heteroatoms. The normalized spacial score (nSPS) is 17.9. The topological polar surface area (TPSA) is 0 Å². The Labute approximate surface area is 69.8 Å². The minimum absolute atomic E-state index is 0.0993. The minimum atomic E-state index is -0.0993. The average Bonchev–Trinajstić information content (AvgIpc) is 1.90. The Morgan fingerprint density at radius 1 is 1.55 bits per heavy atom. The van der Waals surface area contributed by atoms with E-state index in [4.69, 9.17) is 0 Å². The highest BCUT2D eigenvalue weighted by Gasteiger charge is 2.22. The number of rotatable bonds is 1. The predicted molar refractivity (Wildman–Crippen MR) is 45.3 cm³/mol. The zero-order chi connectivity index (χ0) is 7.68. The first-order chi connectivity index (χ1) is 5.38. The quantitative estimate of drug-likeness (QED) is 0.619. The van der Waals surface area contributed by atoms with Crippen LogP contribution in [0.5, 0.6) is 0 Å². The van der Waals surface area contributed by atoms with Crippen LogP contribution in [0.15, 0.2) is 18.2 Å². The molecule has 0 aliphatic carbocycles. The Bertz CT molecular complexity index is 255. The molecule has 1 aromatic carbocycles. The summed E-state index contributed by atoms with van der Waals surface area (Å²) in [6, 6.07) is 7.75. The summed E-state index contributed by atoms with van der Waals surface area (Å²) in [7, 11) is 0. The van der Waals surface area contributed by atoms with Crippen LogP contribution in [-0.4, -0.2) is 11.5 Å². The fraction of sp³-hybridized carbons (Fsp3) is 0.333. The molecule has 0 unspecified atom stereocenters. The van der Waals surface area contributed by atoms with Crippen molar-refractivity contribution in [2.24, 2.45) is 0 Å². The van der Waals surface area contributed by atoms with Gasteiger partial charge < -0.3 is 0 Å². The van der Waals surface area contributed by atoms with E-state index in [1.807, 2.05) is 17.8 Å². The van der Waals surface area contributed by atoms with Gasteiger partial charge in [-0.15, -0.1) is 0 Å². The summed E-state index contributed by atoms with van der Waals surface area (Å²) in [6.07, 6.45) is 0. The third-order valence-electron chi connectivity index (χ3n) is 1.92. The number of hydrogen-bond acceptors (Lipinski definition) is 1. The van der Waals surface area contributed by atoms with Crippen LogP contribution in [0.2, 0.25) is 0 Å². The minimum Gasteiger partial charge on any atom is -0.207 e. The first-order valence-corrected chi connectivity index (χ1v) is 4.76. The van der Waals surface area contributed by atoms with Crippen molar-refractivity contribution in [1.82, 2.24) is 0 Å². The van der Waals surface area contributed by atoms with Crippen molar-refractivity contribution < 1.29 is 4.39 Å². The second-order valence-corrected chi connectivity index (χ2v) is 3.76. The lowest BCUT2D eigenvalue weighted by Crippen LogP contribution is -2.16. The zero-order valence-electron chi connectivity index (χ0n) is 6.01. The van der Waals surface area contributed by atoms with Gasteiger partial charge in [0.05, 0.1) is 0 Å². The lowest BCUT2D eigenvalue weighted by Gasteiger charge is -2.25. The van der Waals surface area contributed by atoms with Crippen LogP contribution in [-0.2, 0) is 0 Å². The summed E-state index contributed by atoms with van der Waals surface area (Å²) in [5.41, 5.74) is 0.863. The van der Waals surface area contributed by atoms with Crippen LogP contribution in [0.3, 0.4) is 0 Å². The van der Waals surface area contributed by atoms with E-state index >= 15 is 0 Å². The van der Waals surface area contributed by atoms with Gasteiger partial charge >= 0.3 is 0 Å². The van der Waals surface area contributed by atoms with E-state index in [1.165, 1.54) is 6.07 Å². The summed E-state index contributed by atoms with van der Waals surface area (Å²) >= 11 is 1.87. The third-order valence-corrected chi connectivity index (χ3v) is 3.20. The predicted octanol–water partition coefficient (Wildman–Crippen LogP) is 2.46. The largest absolute Gasteiger partial charge is 0.207 e. The number of benzene rings is 1. The van der Waals surface area contributed by atoms with E-state index in [2.05, 4.69) is 6.07 Å². The molecule has 1 aromatic rings. The summed E-state index contributed by atoms with van der Waals surface area (Å²) in [4.78, 5) is 0. The molecule has 1 aliphatic heterocycles. The molecule has 0 bridgehead atoms. The van der Waals surface area contributed by atoms with Gasteiger partial charge in [0.2, 0.25) is 0 Å². The molecule has 2 rings (SSSR count). The van der Waals surface area contributed by atoms with Crippen molar-refractivity contribution in [3.05, 3.63) is 35.6 Å². The van der Waals surface area contributed by atoms with Gasteiger partial charge in [0.15, 0.2) is 0 Å². The highest BCUT2D eigenvalue weighted by molar-refractivity contribution is 8.00. The number of thioether (sulfide) groups is 1. The molecule has 57 valence electrons. The summed E-state index contributed by atoms with van der Waals surface area (Å²) in [5, 5.41) is 0. The average molecular weight is 167 g/mol. The first kappa shape index (κ1) is 7.17. The first-order valence-electron chi connectivity index (χ1n) is 3.61. The van der Waals surface area contributed by atoms with Crippen molar-refractivity contribution in [1.29, 1.82) is 0 Å². The summed E-state index contributed by atoms with van der Waals surface area (Å²) in [6.45, 7) is 0. The van der Waals surface area contributed by atoms with Crippen LogP contribution in [0.4, 0.5) is 4.39 Å². The molecule has 1 aliphatic rings. The van der Waals surface area contributed by atoms with Crippen molar-refractivity contribution >= 4 is 11.8 Å². The lowest BCUT2D eigenvalue weighted by molar-refractivity contribution is 0.597. The molecular formula is C9H8FS. The molecule has 0 spiro atoms. The Hall–Kier alpha value is -0.500. The molecule has 0 atom stereocenters. The second-order valence-electron chi connectivity index (χ2n) is 2.68. The fourth-order valence-electron chi connectivity index (χ4n) is 1.17. The van der Waals surface area contributed by atoms with E-state index in [1.54, 1.807) is 6.07 Å². The molecule has 0 amide bonds. The van der Waals surface area contributed by atoms with Gasteiger partial charge in [0, 0.05) is 17.4 Å². The van der Waals surface area contributed by atoms with Gasteiger partial charge in [0.1, 0.15) is 5.82 Å². The van der Waals surface area contributed by atoms with Crippen molar-refractivity contribution in [2.75, 3.05) is 11.5 Å². The molecule has 0 saturated carbocycles. The summed E-state index contributed by atoms with van der Waals surface area (Å²) < 4.78 is 13.0. The van der Waals surface area contributed by atoms with Crippen LogP contribution in [0.25, 0.3) is 0 Å². The van der Waals surface area contributed by atoms with Crippen LogP contribution in [0, 0.1) is 11.9 Å². The van der Waals surface area contributed by atoms with E-state index < -0.39 is 0 Å². The SMILES string of the molecule is Fc1c[c]ccc1C1CSC1. The Balaban J connectivity index is 2.28. The molecule has 11 heavy (non-hydrogen) atoms. The van der Waals surface area contributed by atoms with Gasteiger partial charge in [-0.1, -0.05) is 12.1 Å². The molecule has 0 N–H and O–H groups in total. The maximum absolute atomic E-state index is 13.0. The van der Waals surface area contributed by atoms with Gasteiger partial charge in [-0.2, -0.15) is 11.8 Å². The smallest absolute Gasteiger partial charge is 0.127 e. The highest BCUT2D eigenvalue weighted by Crippen LogP contribution is 2.34. The molecular weight excluding hydrogens is 159 g/mol. The lowest BCUT2D eigenvalue weighted by atomic mass is 10.0. The zero-order valence-corrected chi connectivity index (χ0v) is 6.83. The molecule has 0 nitrogen and oxygen atoms in total. The Kier molecular flexibility index (Phi) is 1.86. The van der Waals surface area contributed by atoms with Crippen molar-refractivity contribution in [2.45, 2.75) is 5.92 Å². The van der Waals surface area contributed by atoms with E-state index in [0.717, 1.165) is 17.1 Å². The number of halogens is 1. The molecule has 1 heterocycles. The number of hydrogen-bond donors (Lipinski definition) is 0. The van der Waals surface area contributed by atoms with Crippen LogP contribution >= 0.6 is 11.8 Å². The van der Waals surface area contributed by atoms with E-state index in [0.29, 0.717) is 5.92 Å². The van der Waals surface area contributed by atoms with Gasteiger partial charge in [0.25, 0.3) is 0 Å². The molecule has 0 aromatic heterocycles. The Morgan fingerprint density at radius 3 is 2.91 bits per heavy atom. The highest BCUT2D eigenvalue weighted by atomic mass is 32.2. The van der Waals surface area contributed by atoms with Gasteiger partial charge in [-0.05, 0) is 17.7 Å². The maximum atomic E-state index is 13.0. The summed E-state index contributed by atoms with van der Waals surface area (Å²) in [5.74, 6) is 2.49. The Morgan fingerprint density at radius 2 is 2.36 bits per heavy atom. The molecule has 1 radical (unpaired) electrons. The van der Waals surface area contributed by atoms with Gasteiger partial charge in [-0.25, -0.2) is 4.39 Å².